The van der Waals surface area contributed by atoms with E-state index in [9.17, 15) is 24.9 Å². The van der Waals surface area contributed by atoms with Gasteiger partial charge < -0.3 is 20.4 Å². The van der Waals surface area contributed by atoms with E-state index in [1.165, 1.54) is 0 Å². The number of carbonyl (C=O) groups is 2. The van der Waals surface area contributed by atoms with Gasteiger partial charge in [0.05, 0.1) is 6.10 Å². The first-order valence-electron chi connectivity index (χ1n) is 4.44. The molecule has 0 heterocycles. The maximum absolute atomic E-state index is 11.1. The summed E-state index contributed by atoms with van der Waals surface area (Å²) < 4.78 is 0. The van der Waals surface area contributed by atoms with Gasteiger partial charge in [0.1, 0.15) is 12.2 Å². The van der Waals surface area contributed by atoms with Crippen molar-refractivity contribution in [2.45, 2.75) is 44.7 Å². The van der Waals surface area contributed by atoms with Crippen LogP contribution in [-0.2, 0) is 9.59 Å². The zero-order chi connectivity index (χ0) is 12.4. The van der Waals surface area contributed by atoms with E-state index in [1.54, 1.807) is 0 Å². The van der Waals surface area contributed by atoms with E-state index in [4.69, 9.17) is 5.11 Å². The van der Waals surface area contributed by atoms with Crippen LogP contribution in [0.15, 0.2) is 0 Å². The number of Topliss-reactive ketones (excluding diaryl/α,β-unsaturated/α-hetero) is 2. The first kappa shape index (κ1) is 14.2. The Kier molecular flexibility index (Phi) is 4.54. The van der Waals surface area contributed by atoms with E-state index in [0.29, 0.717) is 0 Å². The number of rotatable bonds is 5. The van der Waals surface area contributed by atoms with Crippen LogP contribution in [0.1, 0.15) is 20.8 Å². The molecule has 0 aliphatic carbocycles. The van der Waals surface area contributed by atoms with Gasteiger partial charge in [0.15, 0.2) is 11.6 Å². The molecule has 0 fully saturated rings. The fraction of sp³-hybridized carbons (Fsp3) is 0.778. The normalized spacial score (nSPS) is 18.1. The van der Waals surface area contributed by atoms with Gasteiger partial charge in [0.2, 0.25) is 5.60 Å². The number of carbonyl (C=O) groups excluding carboxylic acids is 2. The van der Waals surface area contributed by atoms with Gasteiger partial charge in [-0.05, 0) is 20.8 Å². The average Bonchev–Trinajstić information content (AvgIpc) is 2.13. The van der Waals surface area contributed by atoms with Crippen molar-refractivity contribution in [3.8, 4) is 0 Å². The Morgan fingerprint density at radius 2 is 1.40 bits per heavy atom. The quantitative estimate of drug-likeness (QED) is 0.398. The Hall–Kier alpha value is -0.820. The molecule has 15 heavy (non-hydrogen) atoms. The summed E-state index contributed by atoms with van der Waals surface area (Å²) in [5, 5.41) is 37.3. The minimum absolute atomic E-state index is 0.916. The monoisotopic (exact) mass is 220 g/mol. The van der Waals surface area contributed by atoms with Gasteiger partial charge in [-0.15, -0.1) is 0 Å². The average molecular weight is 220 g/mol. The fourth-order valence-electron chi connectivity index (χ4n) is 1.18. The SMILES string of the molecule is CC(=O)C(O)(C(C)=O)[C@H](O)[C@H](O)[C@H](C)O. The highest BCUT2D eigenvalue weighted by atomic mass is 16.4. The lowest BCUT2D eigenvalue weighted by Crippen LogP contribution is -2.60. The molecule has 0 spiro atoms. The third kappa shape index (κ3) is 2.60. The van der Waals surface area contributed by atoms with Crippen molar-refractivity contribution in [2.24, 2.45) is 0 Å². The van der Waals surface area contributed by atoms with Crippen molar-refractivity contribution in [1.29, 1.82) is 0 Å². The van der Waals surface area contributed by atoms with Crippen LogP contribution in [-0.4, -0.2) is 55.9 Å². The van der Waals surface area contributed by atoms with Crippen LogP contribution in [0.3, 0.4) is 0 Å². The van der Waals surface area contributed by atoms with E-state index in [-0.39, 0.29) is 0 Å². The van der Waals surface area contributed by atoms with Gasteiger partial charge in [0, 0.05) is 0 Å². The first-order valence-corrected chi connectivity index (χ1v) is 4.44. The minimum atomic E-state index is -2.67. The summed E-state index contributed by atoms with van der Waals surface area (Å²) in [6.45, 7) is 2.99. The van der Waals surface area contributed by atoms with E-state index >= 15 is 0 Å². The van der Waals surface area contributed by atoms with E-state index in [0.717, 1.165) is 20.8 Å². The molecule has 3 atom stereocenters. The Labute approximate surface area is 87.2 Å². The Bertz CT molecular complexity index is 245. The molecule has 0 aromatic rings. The maximum Gasteiger partial charge on any atom is 0.209 e. The van der Waals surface area contributed by atoms with Crippen LogP contribution in [0.5, 0.6) is 0 Å². The number of aliphatic hydroxyl groups is 4. The number of ketones is 2. The Morgan fingerprint density at radius 3 is 1.60 bits per heavy atom. The predicted molar refractivity (Wildman–Crippen MR) is 50.0 cm³/mol. The Balaban J connectivity index is 5.12. The molecule has 4 N–H and O–H groups in total. The van der Waals surface area contributed by atoms with Gasteiger partial charge in [-0.3, -0.25) is 9.59 Å². The molecular weight excluding hydrogens is 204 g/mol. The van der Waals surface area contributed by atoms with Crippen LogP contribution < -0.4 is 0 Å². The summed E-state index contributed by atoms with van der Waals surface area (Å²) in [6, 6.07) is 0. The second kappa shape index (κ2) is 4.80. The molecule has 0 amide bonds. The first-order chi connectivity index (χ1) is 6.65. The molecule has 0 aliphatic heterocycles. The van der Waals surface area contributed by atoms with Crippen molar-refractivity contribution < 1.29 is 30.0 Å². The van der Waals surface area contributed by atoms with Crippen LogP contribution in [0.2, 0.25) is 0 Å². The van der Waals surface area contributed by atoms with Gasteiger partial charge in [-0.2, -0.15) is 0 Å². The van der Waals surface area contributed by atoms with Crippen LogP contribution >= 0.6 is 0 Å². The van der Waals surface area contributed by atoms with Crippen molar-refractivity contribution in [3.63, 3.8) is 0 Å². The van der Waals surface area contributed by atoms with E-state index in [1.807, 2.05) is 0 Å². The molecule has 0 saturated carbocycles. The van der Waals surface area contributed by atoms with Gasteiger partial charge in [-0.25, -0.2) is 0 Å². The van der Waals surface area contributed by atoms with Gasteiger partial charge in [0.25, 0.3) is 0 Å². The molecule has 0 saturated heterocycles. The number of hydrogen-bond donors (Lipinski definition) is 4. The second-order valence-electron chi connectivity index (χ2n) is 3.55. The maximum atomic E-state index is 11.1. The summed E-state index contributed by atoms with van der Waals surface area (Å²) in [7, 11) is 0. The highest BCUT2D eigenvalue weighted by molar-refractivity contribution is 6.09. The predicted octanol–water partition coefficient (Wildman–Crippen LogP) is -2.00. The third-order valence-electron chi connectivity index (χ3n) is 2.32. The van der Waals surface area contributed by atoms with Gasteiger partial charge >= 0.3 is 0 Å². The molecular formula is C9H16O6. The van der Waals surface area contributed by atoms with E-state index < -0.39 is 35.5 Å². The van der Waals surface area contributed by atoms with Crippen molar-refractivity contribution in [2.75, 3.05) is 0 Å². The van der Waals surface area contributed by atoms with Crippen LogP contribution in [0, 0.1) is 0 Å². The molecule has 0 unspecified atom stereocenters. The summed E-state index contributed by atoms with van der Waals surface area (Å²) >= 11 is 0. The molecule has 0 rings (SSSR count). The molecule has 0 aromatic carbocycles. The zero-order valence-electron chi connectivity index (χ0n) is 8.84. The minimum Gasteiger partial charge on any atom is -0.391 e. The zero-order valence-corrected chi connectivity index (χ0v) is 8.84. The third-order valence-corrected chi connectivity index (χ3v) is 2.32. The van der Waals surface area contributed by atoms with E-state index in [2.05, 4.69) is 0 Å². The molecule has 6 nitrogen and oxygen atoms in total. The van der Waals surface area contributed by atoms with Crippen LogP contribution in [0.4, 0.5) is 0 Å². The summed E-state index contributed by atoms with van der Waals surface area (Å²) in [4.78, 5) is 22.1. The highest BCUT2D eigenvalue weighted by Crippen LogP contribution is 2.18. The van der Waals surface area contributed by atoms with Crippen molar-refractivity contribution in [3.05, 3.63) is 0 Å². The standard InChI is InChI=1S/C9H16O6/c1-4(10)7(13)8(14)9(15,5(2)11)6(3)12/h4,7-8,10,13-15H,1-3H3/t4-,7+,8+/m0/s1. The smallest absolute Gasteiger partial charge is 0.209 e. The second-order valence-corrected chi connectivity index (χ2v) is 3.55. The summed E-state index contributed by atoms with van der Waals surface area (Å²) in [5.74, 6) is -1.97. The Morgan fingerprint density at radius 1 is 1.07 bits per heavy atom. The molecule has 0 bridgehead atoms. The molecule has 0 aromatic heterocycles. The van der Waals surface area contributed by atoms with Crippen LogP contribution in [0.25, 0.3) is 0 Å². The fourth-order valence-corrected chi connectivity index (χ4v) is 1.18. The molecule has 0 radical (unpaired) electrons. The van der Waals surface area contributed by atoms with Gasteiger partial charge in [-0.1, -0.05) is 0 Å². The lowest BCUT2D eigenvalue weighted by Gasteiger charge is -2.32. The van der Waals surface area contributed by atoms with Crippen molar-refractivity contribution in [1.82, 2.24) is 0 Å². The largest absolute Gasteiger partial charge is 0.391 e. The summed E-state index contributed by atoms with van der Waals surface area (Å²) in [5.41, 5.74) is -2.67. The number of aliphatic hydroxyl groups excluding tert-OH is 3. The number of hydrogen-bond acceptors (Lipinski definition) is 6. The topological polar surface area (TPSA) is 115 Å². The summed E-state index contributed by atoms with van der Waals surface area (Å²) in [6.07, 6.45) is -5.19. The van der Waals surface area contributed by atoms with Crippen molar-refractivity contribution >= 4 is 11.6 Å². The lowest BCUT2D eigenvalue weighted by atomic mass is 9.84. The molecule has 88 valence electrons. The molecule has 6 heteroatoms. The highest BCUT2D eigenvalue weighted by Gasteiger charge is 2.49. The lowest BCUT2D eigenvalue weighted by molar-refractivity contribution is -0.176. The molecule has 0 aliphatic rings.